The number of aromatic nitrogens is 2. The maximum atomic E-state index is 12.6. The van der Waals surface area contributed by atoms with Crippen LogP contribution in [0.5, 0.6) is 0 Å². The minimum atomic E-state index is -0.201. The Morgan fingerprint density at radius 2 is 2.04 bits per heavy atom. The average Bonchev–Trinajstić information content (AvgIpc) is 3.02. The van der Waals surface area contributed by atoms with Gasteiger partial charge in [-0.25, -0.2) is 0 Å². The van der Waals surface area contributed by atoms with Gasteiger partial charge in [-0.05, 0) is 42.3 Å². The molecule has 3 N–H and O–H groups in total. The van der Waals surface area contributed by atoms with E-state index in [2.05, 4.69) is 15.7 Å². The molecule has 1 amide bonds. The first-order valence-corrected chi connectivity index (χ1v) is 7.92. The first-order valence-electron chi connectivity index (χ1n) is 7.92. The second-order valence-corrected chi connectivity index (χ2v) is 5.87. The smallest absolute Gasteiger partial charge is 0.255 e. The van der Waals surface area contributed by atoms with Crippen molar-refractivity contribution in [2.75, 3.05) is 10.6 Å². The molecule has 0 atom stereocenters. The molecule has 0 aliphatic carbocycles. The van der Waals surface area contributed by atoms with Crippen LogP contribution in [0.2, 0.25) is 0 Å². The van der Waals surface area contributed by atoms with Crippen molar-refractivity contribution in [2.24, 2.45) is 7.05 Å². The van der Waals surface area contributed by atoms with E-state index >= 15 is 0 Å². The van der Waals surface area contributed by atoms with Gasteiger partial charge in [-0.3, -0.25) is 9.48 Å². The van der Waals surface area contributed by atoms with Crippen LogP contribution in [0.1, 0.15) is 21.5 Å². The van der Waals surface area contributed by atoms with Crippen LogP contribution in [0, 0.1) is 6.92 Å². The van der Waals surface area contributed by atoms with Crippen LogP contribution in [-0.2, 0) is 13.7 Å². The molecule has 0 aliphatic heterocycles. The van der Waals surface area contributed by atoms with Gasteiger partial charge in [0.1, 0.15) is 0 Å². The van der Waals surface area contributed by atoms with Gasteiger partial charge in [-0.1, -0.05) is 18.2 Å². The van der Waals surface area contributed by atoms with Crippen LogP contribution in [0.4, 0.5) is 17.1 Å². The highest BCUT2D eigenvalue weighted by Gasteiger charge is 2.09. The molecule has 3 aromatic rings. The highest BCUT2D eigenvalue weighted by molar-refractivity contribution is 6.05. The molecule has 6 heteroatoms. The number of hydrogen-bond donors (Lipinski definition) is 3. The number of aliphatic hydroxyl groups is 1. The molecule has 0 radical (unpaired) electrons. The minimum absolute atomic E-state index is 0.0618. The van der Waals surface area contributed by atoms with E-state index in [0.717, 1.165) is 22.5 Å². The molecule has 128 valence electrons. The van der Waals surface area contributed by atoms with Gasteiger partial charge >= 0.3 is 0 Å². The molecule has 0 saturated carbocycles. The van der Waals surface area contributed by atoms with E-state index in [-0.39, 0.29) is 12.5 Å². The number of anilines is 3. The molecule has 0 unspecified atom stereocenters. The number of nitrogens with one attached hydrogen (secondary N) is 2. The number of rotatable bonds is 5. The lowest BCUT2D eigenvalue weighted by Crippen LogP contribution is -2.13. The van der Waals surface area contributed by atoms with Gasteiger partial charge < -0.3 is 15.7 Å². The van der Waals surface area contributed by atoms with Gasteiger partial charge in [-0.2, -0.15) is 5.10 Å². The zero-order chi connectivity index (χ0) is 17.8. The molecule has 0 saturated heterocycles. The molecule has 0 spiro atoms. The fraction of sp³-hybridized carbons (Fsp3) is 0.158. The van der Waals surface area contributed by atoms with E-state index in [9.17, 15) is 9.90 Å². The summed E-state index contributed by atoms with van der Waals surface area (Å²) >= 11 is 0. The minimum Gasteiger partial charge on any atom is -0.392 e. The van der Waals surface area contributed by atoms with Gasteiger partial charge in [-0.15, -0.1) is 0 Å². The molecule has 1 aromatic heterocycles. The molecule has 25 heavy (non-hydrogen) atoms. The maximum Gasteiger partial charge on any atom is 0.255 e. The highest BCUT2D eigenvalue weighted by atomic mass is 16.3. The standard InChI is InChI=1S/C19H20N4O2/c1-13-6-7-14(12-24)8-18(13)22-19(25)15-4-3-5-16(9-15)21-17-10-20-23(2)11-17/h3-11,21,24H,12H2,1-2H3,(H,22,25). The Balaban J connectivity index is 1.77. The molecule has 3 rings (SSSR count). The molecule has 1 heterocycles. The summed E-state index contributed by atoms with van der Waals surface area (Å²) in [7, 11) is 1.85. The quantitative estimate of drug-likeness (QED) is 0.668. The summed E-state index contributed by atoms with van der Waals surface area (Å²) in [5, 5.41) is 19.5. The van der Waals surface area contributed by atoms with Crippen LogP contribution < -0.4 is 10.6 Å². The lowest BCUT2D eigenvalue weighted by molar-refractivity contribution is 0.102. The third-order valence-electron chi connectivity index (χ3n) is 3.85. The molecular weight excluding hydrogens is 316 g/mol. The van der Waals surface area contributed by atoms with E-state index in [1.165, 1.54) is 0 Å². The number of aliphatic hydroxyl groups excluding tert-OH is 1. The Morgan fingerprint density at radius 3 is 2.76 bits per heavy atom. The molecule has 2 aromatic carbocycles. The molecule has 0 bridgehead atoms. The van der Waals surface area contributed by atoms with Gasteiger partial charge in [0.05, 0.1) is 18.5 Å². The summed E-state index contributed by atoms with van der Waals surface area (Å²) in [6.07, 6.45) is 3.58. The van der Waals surface area contributed by atoms with Crippen molar-refractivity contribution >= 4 is 23.0 Å². The second kappa shape index (κ2) is 7.19. The number of hydrogen-bond acceptors (Lipinski definition) is 4. The fourth-order valence-electron chi connectivity index (χ4n) is 2.49. The number of carbonyl (C=O) groups is 1. The highest BCUT2D eigenvalue weighted by Crippen LogP contribution is 2.20. The van der Waals surface area contributed by atoms with E-state index in [1.54, 1.807) is 29.1 Å². The SMILES string of the molecule is Cc1ccc(CO)cc1NC(=O)c1cccc(Nc2cnn(C)c2)c1. The van der Waals surface area contributed by atoms with Crippen molar-refractivity contribution in [1.29, 1.82) is 0 Å². The van der Waals surface area contributed by atoms with E-state index in [1.807, 2.05) is 44.4 Å². The van der Waals surface area contributed by atoms with Crippen LogP contribution in [0.25, 0.3) is 0 Å². The number of nitrogens with zero attached hydrogens (tertiary/aromatic N) is 2. The van der Waals surface area contributed by atoms with E-state index in [0.29, 0.717) is 11.3 Å². The Bertz CT molecular complexity index is 902. The fourth-order valence-corrected chi connectivity index (χ4v) is 2.49. The van der Waals surface area contributed by atoms with Gasteiger partial charge in [0, 0.05) is 30.2 Å². The number of carbonyl (C=O) groups excluding carboxylic acids is 1. The van der Waals surface area contributed by atoms with Crippen molar-refractivity contribution in [3.63, 3.8) is 0 Å². The molecular formula is C19H20N4O2. The zero-order valence-corrected chi connectivity index (χ0v) is 14.2. The van der Waals surface area contributed by atoms with E-state index in [4.69, 9.17) is 0 Å². The largest absolute Gasteiger partial charge is 0.392 e. The van der Waals surface area contributed by atoms with Gasteiger partial charge in [0.15, 0.2) is 0 Å². The van der Waals surface area contributed by atoms with Crippen LogP contribution in [0.15, 0.2) is 54.9 Å². The summed E-state index contributed by atoms with van der Waals surface area (Å²) in [5.41, 5.74) is 4.60. The van der Waals surface area contributed by atoms with E-state index < -0.39 is 0 Å². The second-order valence-electron chi connectivity index (χ2n) is 5.87. The Hall–Kier alpha value is -3.12. The van der Waals surface area contributed by atoms with Crippen molar-refractivity contribution in [3.05, 3.63) is 71.5 Å². The van der Waals surface area contributed by atoms with Crippen molar-refractivity contribution < 1.29 is 9.90 Å². The summed E-state index contributed by atoms with van der Waals surface area (Å²) in [4.78, 5) is 12.6. The van der Waals surface area contributed by atoms with Gasteiger partial charge in [0.2, 0.25) is 0 Å². The molecule has 0 aliphatic rings. The summed E-state index contributed by atoms with van der Waals surface area (Å²) in [6.45, 7) is 1.85. The first kappa shape index (κ1) is 16.7. The van der Waals surface area contributed by atoms with Crippen LogP contribution in [-0.4, -0.2) is 20.8 Å². The number of benzene rings is 2. The Kier molecular flexibility index (Phi) is 4.81. The molecule has 6 nitrogen and oxygen atoms in total. The predicted molar refractivity (Wildman–Crippen MR) is 98.0 cm³/mol. The van der Waals surface area contributed by atoms with Crippen LogP contribution in [0.3, 0.4) is 0 Å². The number of aryl methyl sites for hydroxylation is 2. The van der Waals surface area contributed by atoms with Crippen molar-refractivity contribution in [1.82, 2.24) is 9.78 Å². The average molecular weight is 336 g/mol. The maximum absolute atomic E-state index is 12.6. The van der Waals surface area contributed by atoms with Crippen molar-refractivity contribution in [3.8, 4) is 0 Å². The topological polar surface area (TPSA) is 79.2 Å². The third kappa shape index (κ3) is 4.05. The van der Waals surface area contributed by atoms with Crippen LogP contribution >= 0.6 is 0 Å². The predicted octanol–water partition coefficient (Wildman–Crippen LogP) is 3.22. The normalized spacial score (nSPS) is 10.5. The number of amides is 1. The summed E-state index contributed by atoms with van der Waals surface area (Å²) in [6, 6.07) is 12.8. The first-order chi connectivity index (χ1) is 12.0. The van der Waals surface area contributed by atoms with Crippen molar-refractivity contribution in [2.45, 2.75) is 13.5 Å². The third-order valence-corrected chi connectivity index (χ3v) is 3.85. The molecule has 0 fully saturated rings. The Labute approximate surface area is 146 Å². The summed E-state index contributed by atoms with van der Waals surface area (Å²) < 4.78 is 1.70. The van der Waals surface area contributed by atoms with Gasteiger partial charge in [0.25, 0.3) is 5.91 Å². The monoisotopic (exact) mass is 336 g/mol. The lowest BCUT2D eigenvalue weighted by atomic mass is 10.1. The zero-order valence-electron chi connectivity index (χ0n) is 14.2. The Morgan fingerprint density at radius 1 is 1.20 bits per heavy atom. The lowest BCUT2D eigenvalue weighted by Gasteiger charge is -2.11. The summed E-state index contributed by atoms with van der Waals surface area (Å²) in [5.74, 6) is -0.201.